The smallest absolute Gasteiger partial charge is 0.462 e. The minimum Gasteiger partial charge on any atom is -0.462 e. The van der Waals surface area contributed by atoms with Crippen LogP contribution in [0.2, 0.25) is 0 Å². The lowest BCUT2D eigenvalue weighted by Gasteiger charge is -2.21. The van der Waals surface area contributed by atoms with Crippen LogP contribution in [0.3, 0.4) is 0 Å². The summed E-state index contributed by atoms with van der Waals surface area (Å²) in [6.45, 7) is 5.07. The number of unbranched alkanes of at least 4 members (excludes halogenated alkanes) is 65. The van der Waals surface area contributed by atoms with Gasteiger partial charge in [-0.05, 0) is 25.7 Å². The summed E-state index contributed by atoms with van der Waals surface area (Å²) in [6.07, 6.45) is 80.7. The van der Waals surface area contributed by atoms with E-state index in [0.29, 0.717) is 25.7 Å². The molecule has 0 bridgehead atoms. The van der Waals surface area contributed by atoms with Crippen LogP contribution in [0.25, 0.3) is 0 Å². The Morgan fingerprint density at radius 3 is 0.541 bits per heavy atom. The second-order valence-electron chi connectivity index (χ2n) is 32.3. The molecular formula is C90H176O17P2. The number of ether oxygens (including phenoxy) is 4. The number of rotatable bonds is 91. The molecule has 0 spiro atoms. The van der Waals surface area contributed by atoms with Crippen LogP contribution >= 0.6 is 15.6 Å². The fourth-order valence-corrected chi connectivity index (χ4v) is 15.8. The highest BCUT2D eigenvalue weighted by Gasteiger charge is 2.30. The van der Waals surface area contributed by atoms with Crippen molar-refractivity contribution in [3.63, 3.8) is 0 Å². The van der Waals surface area contributed by atoms with Gasteiger partial charge in [0.15, 0.2) is 12.2 Å². The van der Waals surface area contributed by atoms with Crippen LogP contribution in [-0.4, -0.2) is 96.7 Å². The van der Waals surface area contributed by atoms with Gasteiger partial charge < -0.3 is 33.8 Å². The van der Waals surface area contributed by atoms with Gasteiger partial charge in [-0.15, -0.1) is 0 Å². The van der Waals surface area contributed by atoms with Gasteiger partial charge in [-0.2, -0.15) is 0 Å². The van der Waals surface area contributed by atoms with Gasteiger partial charge in [0.1, 0.15) is 19.3 Å². The molecule has 3 N–H and O–H groups in total. The zero-order valence-electron chi connectivity index (χ0n) is 71.5. The Bertz CT molecular complexity index is 2050. The Labute approximate surface area is 670 Å². The molecule has 0 aromatic carbocycles. The number of carbonyl (C=O) groups is 4. The predicted octanol–water partition coefficient (Wildman–Crippen LogP) is 28.1. The Kier molecular flexibility index (Phi) is 82.5. The molecule has 648 valence electrons. The molecule has 0 rings (SSSR count). The highest BCUT2D eigenvalue weighted by Crippen LogP contribution is 2.45. The van der Waals surface area contributed by atoms with Gasteiger partial charge in [-0.25, -0.2) is 9.13 Å². The number of aliphatic hydroxyl groups is 1. The first-order valence-electron chi connectivity index (χ1n) is 46.8. The zero-order valence-corrected chi connectivity index (χ0v) is 73.3. The average molecular weight is 1590 g/mol. The fourth-order valence-electron chi connectivity index (χ4n) is 14.2. The van der Waals surface area contributed by atoms with E-state index in [1.54, 1.807) is 0 Å². The number of phosphoric acid groups is 2. The van der Waals surface area contributed by atoms with Crippen molar-refractivity contribution in [1.29, 1.82) is 0 Å². The third kappa shape index (κ3) is 83.8. The van der Waals surface area contributed by atoms with Gasteiger partial charge in [0, 0.05) is 25.7 Å². The van der Waals surface area contributed by atoms with Gasteiger partial charge in [0.25, 0.3) is 0 Å². The van der Waals surface area contributed by atoms with Crippen molar-refractivity contribution in [1.82, 2.24) is 0 Å². The van der Waals surface area contributed by atoms with E-state index in [0.717, 1.165) is 89.9 Å². The number of hydrogen-bond donors (Lipinski definition) is 3. The minimum absolute atomic E-state index is 0.110. The molecule has 0 aromatic heterocycles. The quantitative estimate of drug-likeness (QED) is 0.0222. The molecular weight excluding hydrogens is 1410 g/mol. The van der Waals surface area contributed by atoms with Crippen LogP contribution < -0.4 is 0 Å². The number of phosphoric ester groups is 2. The summed E-state index contributed by atoms with van der Waals surface area (Å²) < 4.78 is 69.0. The Morgan fingerprint density at radius 2 is 0.367 bits per heavy atom. The topological polar surface area (TPSA) is 237 Å². The van der Waals surface area contributed by atoms with Gasteiger partial charge in [-0.1, -0.05) is 445 Å². The standard InChI is InChI=1S/C90H176O17P2/c1-5-9-13-17-21-25-29-32-35-38-41-44-46-49-52-55-59-63-67-71-75-88(93)101-81-86(107-90(95)77-73-69-65-61-57-54-51-48-45-42-39-36-33-30-26-22-18-14-10-6-2)83-105-109(98,99)103-79-84(91)78-102-108(96,97)104-82-85(80-100-87(92)74-70-66-62-58-28-24-20-16-12-8-4)106-89(94)76-72-68-64-60-56-53-50-47-43-40-37-34-31-27-23-19-15-11-7-3/h84-86,91H,5-83H2,1-4H3,(H,96,97)(H,98,99)/t84-,85+,86+/m0/s1. The largest absolute Gasteiger partial charge is 0.472 e. The highest BCUT2D eigenvalue weighted by molar-refractivity contribution is 7.47. The predicted molar refractivity (Wildman–Crippen MR) is 451 cm³/mol. The van der Waals surface area contributed by atoms with E-state index in [1.807, 2.05) is 0 Å². The maximum atomic E-state index is 13.2. The Hall–Kier alpha value is -1.94. The van der Waals surface area contributed by atoms with Crippen molar-refractivity contribution in [2.75, 3.05) is 39.6 Å². The van der Waals surface area contributed by atoms with Crippen molar-refractivity contribution >= 4 is 39.5 Å². The van der Waals surface area contributed by atoms with E-state index in [2.05, 4.69) is 27.7 Å². The molecule has 0 amide bonds. The van der Waals surface area contributed by atoms with Crippen LogP contribution in [0.15, 0.2) is 0 Å². The summed E-state index contributed by atoms with van der Waals surface area (Å²) in [4.78, 5) is 73.3. The zero-order chi connectivity index (χ0) is 79.6. The number of esters is 4. The second kappa shape index (κ2) is 84.0. The summed E-state index contributed by atoms with van der Waals surface area (Å²) in [6, 6.07) is 0. The molecule has 0 heterocycles. The van der Waals surface area contributed by atoms with Crippen molar-refractivity contribution < 1.29 is 80.2 Å². The fraction of sp³-hybridized carbons (Fsp3) is 0.956. The van der Waals surface area contributed by atoms with E-state index >= 15 is 0 Å². The first-order chi connectivity index (χ1) is 53.2. The van der Waals surface area contributed by atoms with Crippen molar-refractivity contribution in [3.8, 4) is 0 Å². The van der Waals surface area contributed by atoms with E-state index in [9.17, 15) is 43.2 Å². The van der Waals surface area contributed by atoms with Gasteiger partial charge >= 0.3 is 39.5 Å². The molecule has 17 nitrogen and oxygen atoms in total. The Morgan fingerprint density at radius 1 is 0.220 bits per heavy atom. The SMILES string of the molecule is CCCCCCCCCCCCCCCCCCCCCCC(=O)OC[C@H](COP(=O)(O)OC[C@@H](O)COP(=O)(O)OC[C@@H](COC(=O)CCCCCCCCCCCC)OC(=O)CCCCCCCCCCCCCCCCCCCCC)OC(=O)CCCCCCCCCCCCCCCCCCCCCC. The third-order valence-corrected chi connectivity index (χ3v) is 23.3. The lowest BCUT2D eigenvalue weighted by atomic mass is 10.0. The van der Waals surface area contributed by atoms with Crippen molar-refractivity contribution in [2.45, 2.75) is 515 Å². The molecule has 0 aliphatic rings. The molecule has 5 atom stereocenters. The average Bonchev–Trinajstić information content (AvgIpc) is 0.902. The molecule has 0 aliphatic heterocycles. The first kappa shape index (κ1) is 107. The summed E-state index contributed by atoms with van der Waals surface area (Å²) in [5.74, 6) is -2.09. The van der Waals surface area contributed by atoms with Gasteiger partial charge in [0.2, 0.25) is 0 Å². The lowest BCUT2D eigenvalue weighted by molar-refractivity contribution is -0.161. The number of carbonyl (C=O) groups excluding carboxylic acids is 4. The van der Waals surface area contributed by atoms with Crippen LogP contribution in [0.5, 0.6) is 0 Å². The number of aliphatic hydroxyl groups excluding tert-OH is 1. The molecule has 0 radical (unpaired) electrons. The number of hydrogen-bond acceptors (Lipinski definition) is 15. The van der Waals surface area contributed by atoms with E-state index < -0.39 is 97.5 Å². The van der Waals surface area contributed by atoms with Gasteiger partial charge in [0.05, 0.1) is 26.4 Å². The monoisotopic (exact) mass is 1590 g/mol. The Balaban J connectivity index is 5.21. The molecule has 0 saturated carbocycles. The maximum absolute atomic E-state index is 13.2. The molecule has 0 aromatic rings. The molecule has 0 saturated heterocycles. The van der Waals surface area contributed by atoms with E-state index in [-0.39, 0.29) is 25.7 Å². The first-order valence-corrected chi connectivity index (χ1v) is 49.8. The summed E-state index contributed by atoms with van der Waals surface area (Å²) in [7, 11) is -9.93. The molecule has 109 heavy (non-hydrogen) atoms. The molecule has 19 heteroatoms. The van der Waals surface area contributed by atoms with Crippen LogP contribution in [-0.2, 0) is 65.4 Å². The third-order valence-electron chi connectivity index (χ3n) is 21.4. The van der Waals surface area contributed by atoms with E-state index in [1.165, 1.54) is 327 Å². The van der Waals surface area contributed by atoms with E-state index in [4.69, 9.17) is 37.0 Å². The van der Waals surface area contributed by atoms with Crippen LogP contribution in [0.4, 0.5) is 0 Å². The molecule has 0 aliphatic carbocycles. The lowest BCUT2D eigenvalue weighted by Crippen LogP contribution is -2.30. The normalized spacial score (nSPS) is 13.6. The highest BCUT2D eigenvalue weighted by atomic mass is 31.2. The molecule has 0 fully saturated rings. The minimum atomic E-state index is -4.97. The van der Waals surface area contributed by atoms with Crippen LogP contribution in [0.1, 0.15) is 496 Å². The summed E-state index contributed by atoms with van der Waals surface area (Å²) in [5.41, 5.74) is 0. The van der Waals surface area contributed by atoms with Crippen molar-refractivity contribution in [3.05, 3.63) is 0 Å². The van der Waals surface area contributed by atoms with Crippen molar-refractivity contribution in [2.24, 2.45) is 0 Å². The second-order valence-corrected chi connectivity index (χ2v) is 35.3. The van der Waals surface area contributed by atoms with Crippen LogP contribution in [0, 0.1) is 0 Å². The van der Waals surface area contributed by atoms with Gasteiger partial charge in [-0.3, -0.25) is 37.3 Å². The maximum Gasteiger partial charge on any atom is 0.472 e. The summed E-state index contributed by atoms with van der Waals surface area (Å²) >= 11 is 0. The molecule has 2 unspecified atom stereocenters. The summed E-state index contributed by atoms with van der Waals surface area (Å²) in [5, 5.41) is 10.7.